The summed E-state index contributed by atoms with van der Waals surface area (Å²) in [5.74, 6) is 0. The lowest BCUT2D eigenvalue weighted by molar-refractivity contribution is 0.267. The van der Waals surface area contributed by atoms with Crippen LogP contribution in [0.4, 0.5) is 4.39 Å². The molecule has 2 rings (SSSR count). The van der Waals surface area contributed by atoms with E-state index in [2.05, 4.69) is 5.32 Å². The number of halogens is 1. The van der Waals surface area contributed by atoms with Gasteiger partial charge in [0.05, 0.1) is 0 Å². The molecule has 1 atom stereocenters. The van der Waals surface area contributed by atoms with Gasteiger partial charge in [0.15, 0.2) is 0 Å². The molecule has 1 saturated carbocycles. The van der Waals surface area contributed by atoms with E-state index in [1.165, 1.54) is 0 Å². The van der Waals surface area contributed by atoms with E-state index in [4.69, 9.17) is 0 Å². The van der Waals surface area contributed by atoms with Crippen LogP contribution in [0.3, 0.4) is 0 Å². The zero-order valence-corrected chi connectivity index (χ0v) is 8.78. The zero-order chi connectivity index (χ0) is 9.61. The van der Waals surface area contributed by atoms with Crippen LogP contribution in [0.15, 0.2) is 0 Å². The van der Waals surface area contributed by atoms with E-state index >= 15 is 0 Å². The summed E-state index contributed by atoms with van der Waals surface area (Å²) in [6, 6.07) is 0. The van der Waals surface area contributed by atoms with Gasteiger partial charge in [0.25, 0.3) is 0 Å². The SMILES string of the molecule is CC.CC.FC1CNCC12CC2. The number of rotatable bonds is 0. The highest BCUT2D eigenvalue weighted by Gasteiger charge is 2.52. The molecule has 0 bridgehead atoms. The zero-order valence-electron chi connectivity index (χ0n) is 8.78. The van der Waals surface area contributed by atoms with Crippen molar-refractivity contribution in [2.75, 3.05) is 13.1 Å². The maximum Gasteiger partial charge on any atom is 0.119 e. The third-order valence-corrected chi connectivity index (χ3v) is 2.36. The first-order valence-corrected chi connectivity index (χ1v) is 5.18. The van der Waals surface area contributed by atoms with E-state index in [0.717, 1.165) is 19.4 Å². The molecule has 1 saturated heterocycles. The second kappa shape index (κ2) is 5.52. The van der Waals surface area contributed by atoms with E-state index in [1.54, 1.807) is 0 Å². The van der Waals surface area contributed by atoms with Crippen molar-refractivity contribution in [3.63, 3.8) is 0 Å². The Labute approximate surface area is 75.7 Å². The molecule has 1 N–H and O–H groups in total. The fourth-order valence-corrected chi connectivity index (χ4v) is 1.43. The summed E-state index contributed by atoms with van der Waals surface area (Å²) in [5, 5.41) is 3.05. The van der Waals surface area contributed by atoms with Crippen molar-refractivity contribution in [3.8, 4) is 0 Å². The molecule has 0 radical (unpaired) electrons. The molecule has 1 unspecified atom stereocenters. The summed E-state index contributed by atoms with van der Waals surface area (Å²) in [5.41, 5.74) is 0.125. The molecule has 0 aromatic rings. The van der Waals surface area contributed by atoms with Gasteiger partial charge < -0.3 is 5.32 Å². The van der Waals surface area contributed by atoms with E-state index in [9.17, 15) is 4.39 Å². The van der Waals surface area contributed by atoms with E-state index in [-0.39, 0.29) is 5.41 Å². The lowest BCUT2D eigenvalue weighted by atomic mass is 10.1. The minimum atomic E-state index is -0.539. The molecule has 2 fully saturated rings. The molecule has 12 heavy (non-hydrogen) atoms. The summed E-state index contributed by atoms with van der Waals surface area (Å²) < 4.78 is 12.7. The van der Waals surface area contributed by atoms with Crippen LogP contribution in [-0.4, -0.2) is 19.3 Å². The summed E-state index contributed by atoms with van der Waals surface area (Å²) in [7, 11) is 0. The maximum atomic E-state index is 12.7. The van der Waals surface area contributed by atoms with Crippen molar-refractivity contribution in [1.82, 2.24) is 5.32 Å². The third-order valence-electron chi connectivity index (χ3n) is 2.36. The minimum absolute atomic E-state index is 0.125. The topological polar surface area (TPSA) is 12.0 Å². The van der Waals surface area contributed by atoms with Crippen LogP contribution in [-0.2, 0) is 0 Å². The summed E-state index contributed by atoms with van der Waals surface area (Å²) in [6.45, 7) is 9.52. The Morgan fingerprint density at radius 3 is 1.83 bits per heavy atom. The van der Waals surface area contributed by atoms with Gasteiger partial charge in [0, 0.05) is 18.5 Å². The van der Waals surface area contributed by atoms with Crippen molar-refractivity contribution in [3.05, 3.63) is 0 Å². The second-order valence-corrected chi connectivity index (χ2v) is 2.96. The van der Waals surface area contributed by atoms with Gasteiger partial charge in [-0.05, 0) is 12.8 Å². The molecule has 1 aliphatic carbocycles. The molecular weight excluding hydrogens is 153 g/mol. The van der Waals surface area contributed by atoms with Gasteiger partial charge in [-0.3, -0.25) is 0 Å². The van der Waals surface area contributed by atoms with Crippen molar-refractivity contribution in [2.24, 2.45) is 5.41 Å². The largest absolute Gasteiger partial charge is 0.313 e. The molecule has 1 aliphatic heterocycles. The van der Waals surface area contributed by atoms with E-state index < -0.39 is 6.17 Å². The van der Waals surface area contributed by atoms with E-state index in [0.29, 0.717) is 6.54 Å². The Hall–Kier alpha value is -0.110. The maximum absolute atomic E-state index is 12.7. The van der Waals surface area contributed by atoms with Crippen LogP contribution in [0.1, 0.15) is 40.5 Å². The van der Waals surface area contributed by atoms with Crippen LogP contribution >= 0.6 is 0 Å². The molecule has 0 aromatic heterocycles. The fourth-order valence-electron chi connectivity index (χ4n) is 1.43. The van der Waals surface area contributed by atoms with Crippen LogP contribution in [0.2, 0.25) is 0 Å². The highest BCUT2D eigenvalue weighted by atomic mass is 19.1. The molecule has 0 amide bonds. The van der Waals surface area contributed by atoms with Gasteiger partial charge in [-0.25, -0.2) is 4.39 Å². The van der Waals surface area contributed by atoms with Gasteiger partial charge in [-0.1, -0.05) is 27.7 Å². The molecule has 1 spiro atoms. The molecule has 2 heteroatoms. The molecule has 1 heterocycles. The molecule has 2 aliphatic rings. The van der Waals surface area contributed by atoms with Crippen LogP contribution in [0.5, 0.6) is 0 Å². The Morgan fingerprint density at radius 1 is 1.17 bits per heavy atom. The van der Waals surface area contributed by atoms with Crippen LogP contribution < -0.4 is 5.32 Å². The molecule has 74 valence electrons. The minimum Gasteiger partial charge on any atom is -0.313 e. The lowest BCUT2D eigenvalue weighted by Gasteiger charge is -2.04. The van der Waals surface area contributed by atoms with Crippen LogP contribution in [0, 0.1) is 5.41 Å². The number of hydrogen-bond donors (Lipinski definition) is 1. The number of alkyl halides is 1. The van der Waals surface area contributed by atoms with Gasteiger partial charge in [0.1, 0.15) is 6.17 Å². The summed E-state index contributed by atoms with van der Waals surface area (Å²) in [6.07, 6.45) is 1.69. The van der Waals surface area contributed by atoms with Crippen molar-refractivity contribution in [2.45, 2.75) is 46.7 Å². The first-order chi connectivity index (χ1) is 5.83. The van der Waals surface area contributed by atoms with E-state index in [1.807, 2.05) is 27.7 Å². The van der Waals surface area contributed by atoms with Gasteiger partial charge in [0.2, 0.25) is 0 Å². The number of hydrogen-bond acceptors (Lipinski definition) is 1. The third kappa shape index (κ3) is 2.44. The average molecular weight is 175 g/mol. The summed E-state index contributed by atoms with van der Waals surface area (Å²) in [4.78, 5) is 0. The molecule has 1 nitrogen and oxygen atoms in total. The quantitative estimate of drug-likeness (QED) is 0.597. The predicted molar refractivity (Wildman–Crippen MR) is 52.1 cm³/mol. The van der Waals surface area contributed by atoms with Crippen molar-refractivity contribution >= 4 is 0 Å². The summed E-state index contributed by atoms with van der Waals surface area (Å²) >= 11 is 0. The second-order valence-electron chi connectivity index (χ2n) is 2.96. The Bertz CT molecular complexity index is 110. The highest BCUT2D eigenvalue weighted by Crippen LogP contribution is 2.51. The smallest absolute Gasteiger partial charge is 0.119 e. The monoisotopic (exact) mass is 175 g/mol. The predicted octanol–water partition coefficient (Wildman–Crippen LogP) is 2.76. The standard InChI is InChI=1S/C6H10FN.2C2H6/c7-5-3-8-4-6(5)1-2-6;2*1-2/h5,8H,1-4H2;2*1-2H3. The lowest BCUT2D eigenvalue weighted by Crippen LogP contribution is -2.12. The fraction of sp³-hybridized carbons (Fsp3) is 1.00. The van der Waals surface area contributed by atoms with Crippen molar-refractivity contribution in [1.29, 1.82) is 0 Å². The average Bonchev–Trinajstić information content (AvgIpc) is 2.84. The molecule has 0 aromatic carbocycles. The Balaban J connectivity index is 0.000000269. The van der Waals surface area contributed by atoms with Gasteiger partial charge in [-0.2, -0.15) is 0 Å². The number of nitrogens with one attached hydrogen (secondary N) is 1. The Kier molecular flexibility index (Phi) is 5.47. The first kappa shape index (κ1) is 11.9. The molecular formula is C10H22FN. The van der Waals surface area contributed by atoms with Gasteiger partial charge >= 0.3 is 0 Å². The van der Waals surface area contributed by atoms with Gasteiger partial charge in [-0.15, -0.1) is 0 Å². The normalized spacial score (nSPS) is 28.2. The van der Waals surface area contributed by atoms with Crippen molar-refractivity contribution < 1.29 is 4.39 Å². The van der Waals surface area contributed by atoms with Crippen LogP contribution in [0.25, 0.3) is 0 Å². The Morgan fingerprint density at radius 2 is 1.67 bits per heavy atom. The first-order valence-electron chi connectivity index (χ1n) is 5.18. The highest BCUT2D eigenvalue weighted by molar-refractivity contribution is 5.05.